The van der Waals surface area contributed by atoms with Crippen LogP contribution in [0.15, 0.2) is 52.5 Å². The Labute approximate surface area is 116 Å². The van der Waals surface area contributed by atoms with Crippen LogP contribution in [0.4, 0.5) is 13.2 Å². The van der Waals surface area contributed by atoms with Gasteiger partial charge in [0.2, 0.25) is 0 Å². The number of aromatic nitrogens is 1. The minimum Gasteiger partial charge on any atom is -0.478 e. The van der Waals surface area contributed by atoms with Crippen LogP contribution in [-0.2, 0) is 6.18 Å². The molecule has 0 radical (unpaired) electrons. The lowest BCUT2D eigenvalue weighted by molar-refractivity contribution is -0.139. The normalized spacial score (nSPS) is 11.3. The number of carbonyl (C=O) groups is 1. The Kier molecular flexibility index (Phi) is 3.99. The van der Waals surface area contributed by atoms with E-state index in [0.717, 1.165) is 6.07 Å². The first-order valence-corrected chi connectivity index (χ1v) is 6.23. The number of halogens is 3. The highest BCUT2D eigenvalue weighted by molar-refractivity contribution is 7.99. The van der Waals surface area contributed by atoms with Crippen LogP contribution in [0.1, 0.15) is 15.9 Å². The van der Waals surface area contributed by atoms with Gasteiger partial charge in [0.1, 0.15) is 5.03 Å². The van der Waals surface area contributed by atoms with Crippen LogP contribution < -0.4 is 0 Å². The number of carboxylic acids is 1. The average molecular weight is 299 g/mol. The molecule has 0 saturated carbocycles. The fraction of sp³-hybridized carbons (Fsp3) is 0.0769. The highest BCUT2D eigenvalue weighted by Crippen LogP contribution is 2.39. The fourth-order valence-corrected chi connectivity index (χ4v) is 2.56. The van der Waals surface area contributed by atoms with E-state index in [4.69, 9.17) is 5.11 Å². The van der Waals surface area contributed by atoms with E-state index in [9.17, 15) is 18.0 Å². The van der Waals surface area contributed by atoms with Gasteiger partial charge in [0.25, 0.3) is 0 Å². The molecule has 0 atom stereocenters. The minimum atomic E-state index is -4.50. The Bertz CT molecular complexity index is 644. The third-order valence-corrected chi connectivity index (χ3v) is 3.50. The first kappa shape index (κ1) is 14.4. The van der Waals surface area contributed by atoms with Gasteiger partial charge in [-0.05, 0) is 24.3 Å². The van der Waals surface area contributed by atoms with Crippen molar-refractivity contribution in [1.82, 2.24) is 4.98 Å². The molecular weight excluding hydrogens is 291 g/mol. The molecule has 20 heavy (non-hydrogen) atoms. The number of alkyl halides is 3. The summed E-state index contributed by atoms with van der Waals surface area (Å²) in [6, 6.07) is 7.70. The van der Waals surface area contributed by atoms with Crippen molar-refractivity contribution in [2.45, 2.75) is 16.1 Å². The van der Waals surface area contributed by atoms with Crippen molar-refractivity contribution in [3.8, 4) is 0 Å². The molecule has 1 heterocycles. The zero-order valence-corrected chi connectivity index (χ0v) is 10.7. The lowest BCUT2D eigenvalue weighted by atomic mass is 10.2. The number of pyridine rings is 1. The third kappa shape index (κ3) is 3.11. The van der Waals surface area contributed by atoms with Crippen molar-refractivity contribution in [3.63, 3.8) is 0 Å². The molecule has 7 heteroatoms. The van der Waals surface area contributed by atoms with E-state index in [0.29, 0.717) is 11.8 Å². The molecule has 2 rings (SSSR count). The Balaban J connectivity index is 2.44. The van der Waals surface area contributed by atoms with Crippen molar-refractivity contribution in [1.29, 1.82) is 0 Å². The standard InChI is InChI=1S/C13H8F3NO2S/c14-13(15,16)9-5-1-2-6-10(9)20-11-8(12(18)19)4-3-7-17-11/h1-7H,(H,18,19). The van der Waals surface area contributed by atoms with Crippen LogP contribution in [0, 0.1) is 0 Å². The van der Waals surface area contributed by atoms with Gasteiger partial charge in [0.15, 0.2) is 0 Å². The van der Waals surface area contributed by atoms with Gasteiger partial charge in [-0.15, -0.1) is 0 Å². The van der Waals surface area contributed by atoms with Gasteiger partial charge in [0.05, 0.1) is 11.1 Å². The lowest BCUT2D eigenvalue weighted by Gasteiger charge is -2.12. The highest BCUT2D eigenvalue weighted by atomic mass is 32.2. The quantitative estimate of drug-likeness (QED) is 0.932. The molecule has 104 valence electrons. The van der Waals surface area contributed by atoms with Gasteiger partial charge in [-0.3, -0.25) is 0 Å². The van der Waals surface area contributed by atoms with Crippen molar-refractivity contribution < 1.29 is 23.1 Å². The number of carboxylic acid groups (broad SMARTS) is 1. The average Bonchev–Trinajstić information content (AvgIpc) is 2.38. The molecule has 0 amide bonds. The summed E-state index contributed by atoms with van der Waals surface area (Å²) in [7, 11) is 0. The highest BCUT2D eigenvalue weighted by Gasteiger charge is 2.33. The van der Waals surface area contributed by atoms with Gasteiger partial charge >= 0.3 is 12.1 Å². The molecule has 0 fully saturated rings. The fourth-order valence-electron chi connectivity index (χ4n) is 1.53. The second-order valence-electron chi connectivity index (χ2n) is 3.76. The number of aromatic carboxylic acids is 1. The van der Waals surface area contributed by atoms with Crippen molar-refractivity contribution in [2.24, 2.45) is 0 Å². The molecule has 2 aromatic rings. The summed E-state index contributed by atoms with van der Waals surface area (Å²) >= 11 is 0.684. The molecule has 0 aliphatic rings. The predicted molar refractivity (Wildman–Crippen MR) is 66.8 cm³/mol. The van der Waals surface area contributed by atoms with E-state index in [-0.39, 0.29) is 15.5 Å². The number of benzene rings is 1. The van der Waals surface area contributed by atoms with Crippen molar-refractivity contribution in [2.75, 3.05) is 0 Å². The SMILES string of the molecule is O=C(O)c1cccnc1Sc1ccccc1C(F)(F)F. The molecular formula is C13H8F3NO2S. The molecule has 0 aliphatic heterocycles. The summed E-state index contributed by atoms with van der Waals surface area (Å²) in [5.41, 5.74) is -0.943. The van der Waals surface area contributed by atoms with Gasteiger partial charge in [-0.2, -0.15) is 13.2 Å². The Morgan fingerprint density at radius 2 is 1.85 bits per heavy atom. The summed E-state index contributed by atoms with van der Waals surface area (Å²) in [6.07, 6.45) is -3.16. The molecule has 0 spiro atoms. The largest absolute Gasteiger partial charge is 0.478 e. The first-order valence-electron chi connectivity index (χ1n) is 5.42. The maximum Gasteiger partial charge on any atom is 0.417 e. The Morgan fingerprint density at radius 1 is 1.15 bits per heavy atom. The van der Waals surface area contributed by atoms with Gasteiger partial charge in [-0.1, -0.05) is 23.9 Å². The second kappa shape index (κ2) is 5.54. The van der Waals surface area contributed by atoms with E-state index in [1.54, 1.807) is 0 Å². The summed E-state index contributed by atoms with van der Waals surface area (Å²) in [6.45, 7) is 0. The minimum absolute atomic E-state index is 0.0247. The van der Waals surface area contributed by atoms with E-state index in [1.807, 2.05) is 0 Å². The van der Waals surface area contributed by atoms with Crippen LogP contribution in [0.3, 0.4) is 0 Å². The molecule has 1 aromatic carbocycles. The monoisotopic (exact) mass is 299 g/mol. The zero-order chi connectivity index (χ0) is 14.8. The van der Waals surface area contributed by atoms with E-state index >= 15 is 0 Å². The molecule has 0 bridgehead atoms. The summed E-state index contributed by atoms with van der Waals surface area (Å²) in [5.74, 6) is -1.23. The van der Waals surface area contributed by atoms with Gasteiger partial charge < -0.3 is 5.11 Å². The summed E-state index contributed by atoms with van der Waals surface area (Å²) < 4.78 is 38.6. The number of hydrogen-bond donors (Lipinski definition) is 1. The van der Waals surface area contributed by atoms with Crippen molar-refractivity contribution in [3.05, 3.63) is 53.7 Å². The maximum absolute atomic E-state index is 12.9. The number of hydrogen-bond acceptors (Lipinski definition) is 3. The van der Waals surface area contributed by atoms with Crippen LogP contribution in [0.25, 0.3) is 0 Å². The van der Waals surface area contributed by atoms with Crippen molar-refractivity contribution >= 4 is 17.7 Å². The van der Waals surface area contributed by atoms with Gasteiger partial charge in [0, 0.05) is 11.1 Å². The number of nitrogens with zero attached hydrogens (tertiary/aromatic N) is 1. The van der Waals surface area contributed by atoms with E-state index in [2.05, 4.69) is 4.98 Å². The van der Waals surface area contributed by atoms with Crippen LogP contribution in [0.2, 0.25) is 0 Å². The van der Waals surface area contributed by atoms with Crippen LogP contribution in [-0.4, -0.2) is 16.1 Å². The maximum atomic E-state index is 12.9. The lowest BCUT2D eigenvalue weighted by Crippen LogP contribution is -2.07. The third-order valence-electron chi connectivity index (χ3n) is 2.40. The Hall–Kier alpha value is -2.02. The number of rotatable bonds is 3. The van der Waals surface area contributed by atoms with Crippen LogP contribution in [0.5, 0.6) is 0 Å². The molecule has 0 saturated heterocycles. The summed E-state index contributed by atoms with van der Waals surface area (Å²) in [5, 5.41) is 9.02. The molecule has 0 aliphatic carbocycles. The Morgan fingerprint density at radius 3 is 2.50 bits per heavy atom. The molecule has 1 aromatic heterocycles. The van der Waals surface area contributed by atoms with Gasteiger partial charge in [-0.25, -0.2) is 9.78 Å². The van der Waals surface area contributed by atoms with E-state index < -0.39 is 17.7 Å². The van der Waals surface area contributed by atoms with E-state index in [1.165, 1.54) is 36.5 Å². The molecule has 3 nitrogen and oxygen atoms in total. The molecule has 0 unspecified atom stereocenters. The van der Waals surface area contributed by atoms with Crippen LogP contribution >= 0.6 is 11.8 Å². The first-order chi connectivity index (χ1) is 9.39. The predicted octanol–water partition coefficient (Wildman–Crippen LogP) is 3.95. The zero-order valence-electron chi connectivity index (χ0n) is 9.89. The summed E-state index contributed by atoms with van der Waals surface area (Å²) in [4.78, 5) is 14.8. The molecule has 1 N–H and O–H groups in total. The smallest absolute Gasteiger partial charge is 0.417 e. The topological polar surface area (TPSA) is 50.2 Å². The second-order valence-corrected chi connectivity index (χ2v) is 4.79.